The second kappa shape index (κ2) is 6.68. The lowest BCUT2D eigenvalue weighted by atomic mass is 10.3. The Morgan fingerprint density at radius 1 is 1.63 bits per heavy atom. The van der Waals surface area contributed by atoms with Crippen LogP contribution in [-0.4, -0.2) is 41.8 Å². The van der Waals surface area contributed by atoms with Gasteiger partial charge in [-0.15, -0.1) is 0 Å². The van der Waals surface area contributed by atoms with E-state index >= 15 is 0 Å². The van der Waals surface area contributed by atoms with Crippen LogP contribution in [0.2, 0.25) is 0 Å². The van der Waals surface area contributed by atoms with Crippen LogP contribution in [0, 0.1) is 0 Å². The maximum absolute atomic E-state index is 12.0. The van der Waals surface area contributed by atoms with Gasteiger partial charge in [-0.05, 0) is 19.8 Å². The topological polar surface area (TPSA) is 68.2 Å². The minimum absolute atomic E-state index is 0.0114. The summed E-state index contributed by atoms with van der Waals surface area (Å²) in [5.74, 6) is -0.0114. The summed E-state index contributed by atoms with van der Waals surface area (Å²) in [6, 6.07) is 0.393. The average Bonchev–Trinajstić information content (AvgIpc) is 3.13. The molecule has 2 N–H and O–H groups in total. The third kappa shape index (κ3) is 4.04. The molecule has 1 aromatic rings. The number of amides is 1. The van der Waals surface area contributed by atoms with Crippen LogP contribution in [0.4, 0.5) is 0 Å². The van der Waals surface area contributed by atoms with Gasteiger partial charge in [-0.1, -0.05) is 0 Å². The van der Waals surface area contributed by atoms with Crippen LogP contribution in [0.25, 0.3) is 0 Å². The molecule has 1 heterocycles. The number of methoxy groups -OCH3 is 1. The average molecular weight is 266 g/mol. The van der Waals surface area contributed by atoms with Gasteiger partial charge in [0, 0.05) is 32.4 Å². The van der Waals surface area contributed by atoms with Crippen molar-refractivity contribution < 1.29 is 9.53 Å². The van der Waals surface area contributed by atoms with Gasteiger partial charge >= 0.3 is 0 Å². The highest BCUT2D eigenvalue weighted by molar-refractivity contribution is 5.79. The van der Waals surface area contributed by atoms with Gasteiger partial charge in [0.05, 0.1) is 18.6 Å². The van der Waals surface area contributed by atoms with Gasteiger partial charge < -0.3 is 19.9 Å². The molecule has 0 radical (unpaired) electrons. The lowest BCUT2D eigenvalue weighted by Crippen LogP contribution is -2.34. The normalized spacial score (nSPS) is 16.3. The second-order valence-corrected chi connectivity index (χ2v) is 4.91. The van der Waals surface area contributed by atoms with Crippen LogP contribution in [-0.2, 0) is 16.1 Å². The quantitative estimate of drug-likeness (QED) is 0.671. The van der Waals surface area contributed by atoms with E-state index in [1.165, 1.54) is 12.8 Å². The number of nitrogens with zero attached hydrogens (tertiary/aromatic N) is 2. The first kappa shape index (κ1) is 14.0. The van der Waals surface area contributed by atoms with Gasteiger partial charge in [0.1, 0.15) is 6.04 Å². The van der Waals surface area contributed by atoms with Gasteiger partial charge in [-0.3, -0.25) is 4.79 Å². The Balaban J connectivity index is 1.87. The molecule has 0 bridgehead atoms. The highest BCUT2D eigenvalue weighted by Gasteiger charge is 2.22. The number of carbonyl (C=O) groups excluding carboxylic acids is 1. The van der Waals surface area contributed by atoms with E-state index in [9.17, 15) is 4.79 Å². The second-order valence-electron chi connectivity index (χ2n) is 4.91. The molecule has 0 aromatic carbocycles. The Labute approximate surface area is 113 Å². The van der Waals surface area contributed by atoms with Gasteiger partial charge in [0.15, 0.2) is 0 Å². The molecule has 1 atom stereocenters. The van der Waals surface area contributed by atoms with Crippen molar-refractivity contribution in [2.45, 2.75) is 38.4 Å². The summed E-state index contributed by atoms with van der Waals surface area (Å²) in [6.45, 7) is 3.70. The molecule has 2 rings (SSSR count). The molecule has 0 saturated heterocycles. The fourth-order valence-electron chi connectivity index (χ4n) is 1.90. The molecule has 6 heteroatoms. The van der Waals surface area contributed by atoms with Crippen molar-refractivity contribution in [1.82, 2.24) is 20.2 Å². The first-order valence-electron chi connectivity index (χ1n) is 6.73. The Hall–Kier alpha value is -1.40. The molecule has 19 heavy (non-hydrogen) atoms. The molecule has 1 aliphatic carbocycles. The predicted molar refractivity (Wildman–Crippen MR) is 71.7 cm³/mol. The molecule has 0 aliphatic heterocycles. The summed E-state index contributed by atoms with van der Waals surface area (Å²) in [4.78, 5) is 16.1. The summed E-state index contributed by atoms with van der Waals surface area (Å²) in [6.07, 6.45) is 6.03. The number of rotatable bonds is 8. The van der Waals surface area contributed by atoms with Crippen LogP contribution in [0.5, 0.6) is 0 Å². The van der Waals surface area contributed by atoms with Crippen molar-refractivity contribution in [3.8, 4) is 0 Å². The molecule has 1 aromatic heterocycles. The number of carbonyl (C=O) groups is 1. The molecule has 1 aliphatic rings. The zero-order valence-corrected chi connectivity index (χ0v) is 11.6. The van der Waals surface area contributed by atoms with Gasteiger partial charge in [0.2, 0.25) is 5.91 Å². The highest BCUT2D eigenvalue weighted by Crippen LogP contribution is 2.19. The third-order valence-electron chi connectivity index (χ3n) is 3.30. The van der Waals surface area contributed by atoms with E-state index in [4.69, 9.17) is 4.74 Å². The van der Waals surface area contributed by atoms with Crippen LogP contribution < -0.4 is 10.6 Å². The summed E-state index contributed by atoms with van der Waals surface area (Å²) < 4.78 is 6.83. The first-order chi connectivity index (χ1) is 9.22. The number of hydrogen-bond donors (Lipinski definition) is 2. The SMILES string of the molecule is COCCNC(=O)C(C)n1cncc1CNC1CC1. The predicted octanol–water partition coefficient (Wildman–Crippen LogP) is 0.459. The van der Waals surface area contributed by atoms with E-state index in [1.807, 2.05) is 17.7 Å². The Morgan fingerprint density at radius 3 is 3.11 bits per heavy atom. The van der Waals surface area contributed by atoms with Gasteiger partial charge in [-0.2, -0.15) is 0 Å². The van der Waals surface area contributed by atoms with Crippen molar-refractivity contribution in [1.29, 1.82) is 0 Å². The third-order valence-corrected chi connectivity index (χ3v) is 3.30. The maximum Gasteiger partial charge on any atom is 0.242 e. The van der Waals surface area contributed by atoms with Crippen molar-refractivity contribution >= 4 is 5.91 Å². The van der Waals surface area contributed by atoms with Gasteiger partial charge in [-0.25, -0.2) is 4.98 Å². The van der Waals surface area contributed by atoms with E-state index in [-0.39, 0.29) is 11.9 Å². The summed E-state index contributed by atoms with van der Waals surface area (Å²) >= 11 is 0. The van der Waals surface area contributed by atoms with Crippen molar-refractivity contribution in [2.24, 2.45) is 0 Å². The minimum atomic E-state index is -0.254. The molecule has 1 amide bonds. The van der Waals surface area contributed by atoms with Crippen LogP contribution in [0.15, 0.2) is 12.5 Å². The van der Waals surface area contributed by atoms with E-state index in [1.54, 1.807) is 13.4 Å². The number of ether oxygens (including phenoxy) is 1. The number of aromatic nitrogens is 2. The van der Waals surface area contributed by atoms with Crippen molar-refractivity contribution in [3.05, 3.63) is 18.2 Å². The van der Waals surface area contributed by atoms with E-state index in [2.05, 4.69) is 15.6 Å². The number of hydrogen-bond acceptors (Lipinski definition) is 4. The smallest absolute Gasteiger partial charge is 0.242 e. The summed E-state index contributed by atoms with van der Waals surface area (Å²) in [5, 5.41) is 6.28. The van der Waals surface area contributed by atoms with Crippen LogP contribution in [0.3, 0.4) is 0 Å². The zero-order valence-electron chi connectivity index (χ0n) is 11.6. The standard InChI is InChI=1S/C13H22N4O2/c1-10(13(18)15-5-6-19-2)17-9-14-7-12(17)8-16-11-3-4-11/h7,9-11,16H,3-6,8H2,1-2H3,(H,15,18). The molecule has 1 unspecified atom stereocenters. The molecule has 0 spiro atoms. The van der Waals surface area contributed by atoms with Crippen LogP contribution in [0.1, 0.15) is 31.5 Å². The van der Waals surface area contributed by atoms with E-state index in [0.29, 0.717) is 19.2 Å². The van der Waals surface area contributed by atoms with E-state index in [0.717, 1.165) is 12.2 Å². The molecule has 6 nitrogen and oxygen atoms in total. The lowest BCUT2D eigenvalue weighted by molar-refractivity contribution is -0.124. The Bertz CT molecular complexity index is 415. The Kier molecular flexibility index (Phi) is 4.93. The van der Waals surface area contributed by atoms with Gasteiger partial charge in [0.25, 0.3) is 0 Å². The van der Waals surface area contributed by atoms with E-state index < -0.39 is 0 Å². The number of nitrogens with one attached hydrogen (secondary N) is 2. The minimum Gasteiger partial charge on any atom is -0.383 e. The Morgan fingerprint density at radius 2 is 2.42 bits per heavy atom. The van der Waals surface area contributed by atoms with Crippen molar-refractivity contribution in [3.63, 3.8) is 0 Å². The lowest BCUT2D eigenvalue weighted by Gasteiger charge is -2.16. The highest BCUT2D eigenvalue weighted by atomic mass is 16.5. The monoisotopic (exact) mass is 266 g/mol. The molecule has 1 saturated carbocycles. The molecular weight excluding hydrogens is 244 g/mol. The summed E-state index contributed by atoms with van der Waals surface area (Å²) in [5.41, 5.74) is 1.04. The molecule has 1 fully saturated rings. The van der Waals surface area contributed by atoms with Crippen LogP contribution >= 0.6 is 0 Å². The maximum atomic E-state index is 12.0. The zero-order chi connectivity index (χ0) is 13.7. The molecular formula is C13H22N4O2. The fraction of sp³-hybridized carbons (Fsp3) is 0.692. The van der Waals surface area contributed by atoms with Crippen molar-refractivity contribution in [2.75, 3.05) is 20.3 Å². The summed E-state index contributed by atoms with van der Waals surface area (Å²) in [7, 11) is 1.62. The fourth-order valence-corrected chi connectivity index (χ4v) is 1.90. The first-order valence-corrected chi connectivity index (χ1v) is 6.73. The largest absolute Gasteiger partial charge is 0.383 e. The molecule has 106 valence electrons. The number of imidazole rings is 1.